The van der Waals surface area contributed by atoms with E-state index in [1.54, 1.807) is 15.9 Å². The SMILES string of the molecule is Cc1ccc(N2CCCN(Cc3cccc(F)c3)C2=O)c(NC(=O)C2CC2)c1. The van der Waals surface area contributed by atoms with Crippen molar-refractivity contribution in [2.24, 2.45) is 5.92 Å². The Balaban J connectivity index is 1.56. The fourth-order valence-corrected chi connectivity index (χ4v) is 3.57. The molecule has 6 heteroatoms. The highest BCUT2D eigenvalue weighted by Crippen LogP contribution is 2.34. The van der Waals surface area contributed by atoms with Crippen molar-refractivity contribution in [1.82, 2.24) is 4.90 Å². The number of hydrogen-bond acceptors (Lipinski definition) is 2. The van der Waals surface area contributed by atoms with E-state index in [-0.39, 0.29) is 23.7 Å². The highest BCUT2D eigenvalue weighted by Gasteiger charge is 2.32. The lowest BCUT2D eigenvalue weighted by Gasteiger charge is -2.36. The highest BCUT2D eigenvalue weighted by atomic mass is 19.1. The van der Waals surface area contributed by atoms with Gasteiger partial charge in [0.25, 0.3) is 0 Å². The maximum Gasteiger partial charge on any atom is 0.324 e. The highest BCUT2D eigenvalue weighted by molar-refractivity contribution is 6.02. The molecule has 0 spiro atoms. The largest absolute Gasteiger partial charge is 0.324 e. The predicted octanol–water partition coefficient (Wildman–Crippen LogP) is 4.31. The van der Waals surface area contributed by atoms with Crippen LogP contribution in [-0.2, 0) is 11.3 Å². The lowest BCUT2D eigenvalue weighted by molar-refractivity contribution is -0.117. The summed E-state index contributed by atoms with van der Waals surface area (Å²) in [5.74, 6) is -0.190. The molecule has 0 atom stereocenters. The average molecular weight is 381 g/mol. The molecule has 0 aromatic heterocycles. The Bertz CT molecular complexity index is 910. The fourth-order valence-electron chi connectivity index (χ4n) is 3.57. The van der Waals surface area contributed by atoms with Crippen molar-refractivity contribution in [2.75, 3.05) is 23.3 Å². The maximum absolute atomic E-state index is 13.5. The van der Waals surface area contributed by atoms with Gasteiger partial charge in [-0.1, -0.05) is 18.2 Å². The molecule has 146 valence electrons. The number of amides is 3. The number of carbonyl (C=O) groups excluding carboxylic acids is 2. The standard InChI is InChI=1S/C22H24FN3O2/c1-15-6-9-20(19(12-15)24-21(27)17-7-8-17)26-11-3-10-25(22(26)28)14-16-4-2-5-18(23)13-16/h2,4-6,9,12-13,17H,3,7-8,10-11,14H2,1H3,(H,24,27). The van der Waals surface area contributed by atoms with Crippen LogP contribution < -0.4 is 10.2 Å². The molecule has 1 saturated carbocycles. The number of nitrogens with zero attached hydrogens (tertiary/aromatic N) is 2. The number of hydrogen-bond donors (Lipinski definition) is 1. The van der Waals surface area contributed by atoms with E-state index in [1.807, 2.05) is 31.2 Å². The molecule has 1 aliphatic heterocycles. The molecule has 2 aromatic carbocycles. The average Bonchev–Trinajstić information content (AvgIpc) is 3.49. The van der Waals surface area contributed by atoms with Crippen LogP contribution in [0.3, 0.4) is 0 Å². The van der Waals surface area contributed by atoms with E-state index < -0.39 is 0 Å². The first-order valence-electron chi connectivity index (χ1n) is 9.73. The van der Waals surface area contributed by atoms with E-state index in [2.05, 4.69) is 5.32 Å². The van der Waals surface area contributed by atoms with Crippen molar-refractivity contribution < 1.29 is 14.0 Å². The molecule has 0 radical (unpaired) electrons. The molecular formula is C22H24FN3O2. The number of anilines is 2. The van der Waals surface area contributed by atoms with Gasteiger partial charge in [-0.3, -0.25) is 9.69 Å². The van der Waals surface area contributed by atoms with Gasteiger partial charge in [-0.05, 0) is 61.6 Å². The first kappa shape index (κ1) is 18.5. The van der Waals surface area contributed by atoms with Crippen molar-refractivity contribution >= 4 is 23.3 Å². The van der Waals surface area contributed by atoms with E-state index in [0.29, 0.717) is 31.0 Å². The zero-order chi connectivity index (χ0) is 19.7. The van der Waals surface area contributed by atoms with Crippen molar-refractivity contribution in [2.45, 2.75) is 32.7 Å². The fraction of sp³-hybridized carbons (Fsp3) is 0.364. The van der Waals surface area contributed by atoms with Gasteiger partial charge in [-0.25, -0.2) is 9.18 Å². The van der Waals surface area contributed by atoms with E-state index in [9.17, 15) is 14.0 Å². The van der Waals surface area contributed by atoms with Crippen LogP contribution in [0.2, 0.25) is 0 Å². The summed E-state index contributed by atoms with van der Waals surface area (Å²) in [7, 11) is 0. The van der Waals surface area contributed by atoms with Crippen LogP contribution in [0.15, 0.2) is 42.5 Å². The minimum Gasteiger partial charge on any atom is -0.324 e. The third-order valence-electron chi connectivity index (χ3n) is 5.22. The molecule has 2 aliphatic rings. The molecule has 28 heavy (non-hydrogen) atoms. The normalized spacial score (nSPS) is 17.0. The van der Waals surface area contributed by atoms with Crippen LogP contribution in [0.25, 0.3) is 0 Å². The first-order chi connectivity index (χ1) is 13.5. The molecule has 2 aromatic rings. The lowest BCUT2D eigenvalue weighted by Crippen LogP contribution is -2.49. The quantitative estimate of drug-likeness (QED) is 0.839. The number of nitrogens with one attached hydrogen (secondary N) is 1. The molecule has 0 bridgehead atoms. The minimum atomic E-state index is -0.303. The zero-order valence-electron chi connectivity index (χ0n) is 16.0. The molecule has 3 amide bonds. The van der Waals surface area contributed by atoms with Crippen LogP contribution in [0.5, 0.6) is 0 Å². The lowest BCUT2D eigenvalue weighted by atomic mass is 10.1. The number of benzene rings is 2. The molecule has 2 fully saturated rings. The van der Waals surface area contributed by atoms with Gasteiger partial charge in [-0.15, -0.1) is 0 Å². The molecule has 1 saturated heterocycles. The Kier molecular flexibility index (Phi) is 5.03. The minimum absolute atomic E-state index is 0.0212. The zero-order valence-corrected chi connectivity index (χ0v) is 16.0. The molecule has 1 aliphatic carbocycles. The Hall–Kier alpha value is -2.89. The van der Waals surface area contributed by atoms with Gasteiger partial charge in [-0.2, -0.15) is 0 Å². The van der Waals surface area contributed by atoms with Gasteiger partial charge < -0.3 is 10.2 Å². The van der Waals surface area contributed by atoms with Crippen LogP contribution in [-0.4, -0.2) is 29.9 Å². The van der Waals surface area contributed by atoms with Gasteiger partial charge >= 0.3 is 6.03 Å². The number of halogens is 1. The summed E-state index contributed by atoms with van der Waals surface area (Å²) < 4.78 is 13.5. The van der Waals surface area contributed by atoms with Crippen molar-refractivity contribution in [3.63, 3.8) is 0 Å². The molecule has 1 N–H and O–H groups in total. The Morgan fingerprint density at radius 1 is 1.18 bits per heavy atom. The molecule has 4 rings (SSSR count). The maximum atomic E-state index is 13.5. The molecule has 5 nitrogen and oxygen atoms in total. The van der Waals surface area contributed by atoms with E-state index >= 15 is 0 Å². The second kappa shape index (κ2) is 7.62. The second-order valence-corrected chi connectivity index (χ2v) is 7.62. The summed E-state index contributed by atoms with van der Waals surface area (Å²) in [5.41, 5.74) is 3.18. The summed E-state index contributed by atoms with van der Waals surface area (Å²) in [4.78, 5) is 28.8. The van der Waals surface area contributed by atoms with Gasteiger partial charge in [0.2, 0.25) is 5.91 Å². The van der Waals surface area contributed by atoms with Gasteiger partial charge in [0.05, 0.1) is 11.4 Å². The van der Waals surface area contributed by atoms with Gasteiger partial charge in [0, 0.05) is 25.6 Å². The smallest absolute Gasteiger partial charge is 0.324 e. The van der Waals surface area contributed by atoms with E-state index in [4.69, 9.17) is 0 Å². The molecule has 0 unspecified atom stereocenters. The number of carbonyl (C=O) groups is 2. The monoisotopic (exact) mass is 381 g/mol. The number of rotatable bonds is 5. The Morgan fingerprint density at radius 3 is 2.75 bits per heavy atom. The predicted molar refractivity (Wildman–Crippen MR) is 107 cm³/mol. The topological polar surface area (TPSA) is 52.6 Å². The summed E-state index contributed by atoms with van der Waals surface area (Å²) >= 11 is 0. The van der Waals surface area contributed by atoms with E-state index in [1.165, 1.54) is 12.1 Å². The molecule has 1 heterocycles. The van der Waals surface area contributed by atoms with Crippen molar-refractivity contribution in [3.05, 3.63) is 59.4 Å². The molecular weight excluding hydrogens is 357 g/mol. The summed E-state index contributed by atoms with van der Waals surface area (Å²) in [6.45, 7) is 3.54. The first-order valence-corrected chi connectivity index (χ1v) is 9.73. The van der Waals surface area contributed by atoms with Crippen LogP contribution in [0.1, 0.15) is 30.4 Å². The van der Waals surface area contributed by atoms with Gasteiger partial charge in [0.1, 0.15) is 5.82 Å². The van der Waals surface area contributed by atoms with Crippen LogP contribution in [0, 0.1) is 18.7 Å². The summed E-state index contributed by atoms with van der Waals surface area (Å²) in [5, 5.41) is 3.00. The summed E-state index contributed by atoms with van der Waals surface area (Å²) in [6.07, 6.45) is 2.67. The number of urea groups is 1. The van der Waals surface area contributed by atoms with Crippen molar-refractivity contribution in [1.29, 1.82) is 0 Å². The van der Waals surface area contributed by atoms with Crippen molar-refractivity contribution in [3.8, 4) is 0 Å². The Labute approximate surface area is 164 Å². The van der Waals surface area contributed by atoms with Gasteiger partial charge in [0.15, 0.2) is 0 Å². The number of aryl methyl sites for hydroxylation is 1. The summed E-state index contributed by atoms with van der Waals surface area (Å²) in [6, 6.07) is 12.0. The Morgan fingerprint density at radius 2 is 2.00 bits per heavy atom. The van der Waals surface area contributed by atoms with Crippen LogP contribution in [0.4, 0.5) is 20.6 Å². The third-order valence-corrected chi connectivity index (χ3v) is 5.22. The van der Waals surface area contributed by atoms with E-state index in [0.717, 1.165) is 30.4 Å². The second-order valence-electron chi connectivity index (χ2n) is 7.62. The van der Waals surface area contributed by atoms with Crippen LogP contribution >= 0.6 is 0 Å². The third kappa shape index (κ3) is 4.01.